The van der Waals surface area contributed by atoms with Crippen molar-refractivity contribution in [2.45, 2.75) is 0 Å². The number of anilines is 1. The quantitative estimate of drug-likeness (QED) is 0.194. The predicted molar refractivity (Wildman–Crippen MR) is 120 cm³/mol. The number of nitrogens with zero attached hydrogens (tertiary/aromatic N) is 5. The maximum atomic E-state index is 13.9. The third-order valence-electron chi connectivity index (χ3n) is 4.51. The van der Waals surface area contributed by atoms with E-state index in [2.05, 4.69) is 15.5 Å². The molecule has 2 aromatic carbocycles. The SMILES string of the molecule is N#C/C(=C/c1cccn1-c1cccc([N+](=O)[O-])c1)C(=O)Nc1nnc(-c2ccccc2F)s1. The number of nitriles is 1. The van der Waals surface area contributed by atoms with Gasteiger partial charge in [-0.1, -0.05) is 29.5 Å². The fourth-order valence-electron chi connectivity index (χ4n) is 2.98. The Morgan fingerprint density at radius 1 is 1.18 bits per heavy atom. The molecule has 0 fully saturated rings. The maximum absolute atomic E-state index is 13.9. The molecule has 0 saturated heterocycles. The molecule has 0 aliphatic carbocycles. The van der Waals surface area contributed by atoms with Gasteiger partial charge in [-0.2, -0.15) is 5.26 Å². The predicted octanol–water partition coefficient (Wildman–Crippen LogP) is 4.59. The van der Waals surface area contributed by atoms with E-state index < -0.39 is 16.6 Å². The van der Waals surface area contributed by atoms with E-state index in [1.165, 1.54) is 24.3 Å². The molecule has 4 aromatic rings. The normalized spacial score (nSPS) is 11.1. The van der Waals surface area contributed by atoms with Crippen LogP contribution in [0.15, 0.2) is 72.4 Å². The number of nitro benzene ring substituents is 1. The van der Waals surface area contributed by atoms with Gasteiger partial charge in [0, 0.05) is 29.6 Å². The highest BCUT2D eigenvalue weighted by Crippen LogP contribution is 2.28. The van der Waals surface area contributed by atoms with Crippen LogP contribution in [0.3, 0.4) is 0 Å². The van der Waals surface area contributed by atoms with Gasteiger partial charge in [-0.05, 0) is 36.4 Å². The third kappa shape index (κ3) is 4.65. The zero-order valence-electron chi connectivity index (χ0n) is 16.7. The number of rotatable bonds is 6. The lowest BCUT2D eigenvalue weighted by atomic mass is 10.2. The first-order valence-corrected chi connectivity index (χ1v) is 10.2. The fourth-order valence-corrected chi connectivity index (χ4v) is 3.75. The fraction of sp³-hybridized carbons (Fsp3) is 0. The van der Waals surface area contributed by atoms with Crippen molar-refractivity contribution in [2.24, 2.45) is 0 Å². The Hall–Kier alpha value is -4.69. The first-order valence-electron chi connectivity index (χ1n) is 9.40. The van der Waals surface area contributed by atoms with Gasteiger partial charge in [0.05, 0.1) is 10.6 Å². The number of non-ortho nitro benzene ring substituents is 1. The van der Waals surface area contributed by atoms with Crippen LogP contribution in [0.4, 0.5) is 15.2 Å². The number of benzene rings is 2. The van der Waals surface area contributed by atoms with Gasteiger partial charge in [-0.15, -0.1) is 10.2 Å². The summed E-state index contributed by atoms with van der Waals surface area (Å²) in [5.41, 5.74) is 0.906. The number of nitrogens with one attached hydrogen (secondary N) is 1. The summed E-state index contributed by atoms with van der Waals surface area (Å²) in [6.07, 6.45) is 3.01. The van der Waals surface area contributed by atoms with Gasteiger partial charge in [0.1, 0.15) is 17.5 Å². The number of amides is 1. The van der Waals surface area contributed by atoms with E-state index in [0.717, 1.165) is 11.3 Å². The first kappa shape index (κ1) is 21.5. The van der Waals surface area contributed by atoms with E-state index in [1.807, 2.05) is 6.07 Å². The van der Waals surface area contributed by atoms with Gasteiger partial charge in [-0.3, -0.25) is 20.2 Å². The Balaban J connectivity index is 1.58. The Bertz CT molecular complexity index is 1440. The molecule has 0 spiro atoms. The molecule has 0 saturated carbocycles. The summed E-state index contributed by atoms with van der Waals surface area (Å²) in [7, 11) is 0. The van der Waals surface area contributed by atoms with Gasteiger partial charge in [0.2, 0.25) is 5.13 Å². The average Bonchev–Trinajstić information content (AvgIpc) is 3.47. The molecule has 0 bridgehead atoms. The minimum atomic E-state index is -0.722. The zero-order chi connectivity index (χ0) is 23.4. The molecule has 2 aromatic heterocycles. The summed E-state index contributed by atoms with van der Waals surface area (Å²) in [6.45, 7) is 0. The van der Waals surface area contributed by atoms with Crippen LogP contribution in [-0.2, 0) is 4.79 Å². The molecular formula is C22H13FN6O3S. The summed E-state index contributed by atoms with van der Waals surface area (Å²) < 4.78 is 15.6. The lowest BCUT2D eigenvalue weighted by Crippen LogP contribution is -2.13. The molecule has 9 nitrogen and oxygen atoms in total. The summed E-state index contributed by atoms with van der Waals surface area (Å²) >= 11 is 0.969. The van der Waals surface area contributed by atoms with E-state index >= 15 is 0 Å². The molecule has 11 heteroatoms. The number of carbonyl (C=O) groups excluding carboxylic acids is 1. The highest BCUT2D eigenvalue weighted by Gasteiger charge is 2.16. The monoisotopic (exact) mass is 460 g/mol. The highest BCUT2D eigenvalue weighted by molar-refractivity contribution is 7.18. The molecule has 0 radical (unpaired) electrons. The van der Waals surface area contributed by atoms with Crippen LogP contribution in [-0.4, -0.2) is 25.6 Å². The molecular weight excluding hydrogens is 447 g/mol. The standard InChI is InChI=1S/C22H13FN6O3S/c23-19-9-2-1-8-18(19)21-26-27-22(33-21)25-20(30)14(13-24)11-15-7-4-10-28(15)16-5-3-6-17(12-16)29(31)32/h1-12H,(H,25,27,30)/b14-11-. The summed E-state index contributed by atoms with van der Waals surface area (Å²) in [6, 6.07) is 17.2. The van der Waals surface area contributed by atoms with Gasteiger partial charge >= 0.3 is 0 Å². The van der Waals surface area contributed by atoms with Gasteiger partial charge in [0.15, 0.2) is 5.01 Å². The first-order chi connectivity index (χ1) is 16.0. The molecule has 162 valence electrons. The molecule has 0 unspecified atom stereocenters. The second-order valence-corrected chi connectivity index (χ2v) is 7.57. The van der Waals surface area contributed by atoms with Gasteiger partial charge in [0.25, 0.3) is 11.6 Å². The molecule has 0 aliphatic heterocycles. The number of hydrogen-bond acceptors (Lipinski definition) is 7. The minimum Gasteiger partial charge on any atom is -0.317 e. The smallest absolute Gasteiger partial charge is 0.271 e. The van der Waals surface area contributed by atoms with Crippen LogP contribution in [0.2, 0.25) is 0 Å². The molecule has 0 aliphatic rings. The van der Waals surface area contributed by atoms with Crippen molar-refractivity contribution in [3.05, 3.63) is 94.1 Å². The van der Waals surface area contributed by atoms with E-state index in [1.54, 1.807) is 53.2 Å². The highest BCUT2D eigenvalue weighted by atomic mass is 32.1. The van der Waals surface area contributed by atoms with E-state index in [9.17, 15) is 24.6 Å². The van der Waals surface area contributed by atoms with Gasteiger partial charge in [-0.25, -0.2) is 4.39 Å². The number of halogens is 1. The van der Waals surface area contributed by atoms with Crippen LogP contribution in [0.5, 0.6) is 0 Å². The van der Waals surface area contributed by atoms with Crippen molar-refractivity contribution < 1.29 is 14.1 Å². The number of carbonyl (C=O) groups is 1. The summed E-state index contributed by atoms with van der Waals surface area (Å²) in [4.78, 5) is 23.2. The lowest BCUT2D eigenvalue weighted by molar-refractivity contribution is -0.384. The summed E-state index contributed by atoms with van der Waals surface area (Å²) in [5.74, 6) is -1.19. The van der Waals surface area contributed by atoms with Crippen LogP contribution >= 0.6 is 11.3 Å². The lowest BCUT2D eigenvalue weighted by Gasteiger charge is -2.07. The third-order valence-corrected chi connectivity index (χ3v) is 5.38. The number of aromatic nitrogens is 3. The van der Waals surface area contributed by atoms with Crippen LogP contribution in [0, 0.1) is 27.3 Å². The van der Waals surface area contributed by atoms with Crippen molar-refractivity contribution in [1.29, 1.82) is 5.26 Å². The Morgan fingerprint density at radius 2 is 2.00 bits per heavy atom. The zero-order valence-corrected chi connectivity index (χ0v) is 17.5. The Kier molecular flexibility index (Phi) is 6.01. The molecule has 33 heavy (non-hydrogen) atoms. The minimum absolute atomic E-state index is 0.0868. The number of nitro groups is 1. The van der Waals surface area contributed by atoms with Crippen molar-refractivity contribution in [1.82, 2.24) is 14.8 Å². The van der Waals surface area contributed by atoms with E-state index in [4.69, 9.17) is 0 Å². The van der Waals surface area contributed by atoms with Crippen molar-refractivity contribution in [3.63, 3.8) is 0 Å². The molecule has 0 atom stereocenters. The number of hydrogen-bond donors (Lipinski definition) is 1. The topological polar surface area (TPSA) is 127 Å². The summed E-state index contributed by atoms with van der Waals surface area (Å²) in [5, 5.41) is 31.2. The Labute approximate surface area is 190 Å². The largest absolute Gasteiger partial charge is 0.317 e. The average molecular weight is 460 g/mol. The second-order valence-electron chi connectivity index (χ2n) is 6.60. The van der Waals surface area contributed by atoms with Crippen molar-refractivity contribution in [3.8, 4) is 22.3 Å². The van der Waals surface area contributed by atoms with Gasteiger partial charge < -0.3 is 4.57 Å². The Morgan fingerprint density at radius 3 is 2.76 bits per heavy atom. The van der Waals surface area contributed by atoms with Crippen LogP contribution < -0.4 is 5.32 Å². The molecule has 1 amide bonds. The van der Waals surface area contributed by atoms with Crippen LogP contribution in [0.25, 0.3) is 22.3 Å². The molecule has 4 rings (SSSR count). The van der Waals surface area contributed by atoms with Crippen molar-refractivity contribution in [2.75, 3.05) is 5.32 Å². The second kappa shape index (κ2) is 9.21. The molecule has 1 N–H and O–H groups in total. The maximum Gasteiger partial charge on any atom is 0.271 e. The van der Waals surface area contributed by atoms with E-state index in [0.29, 0.717) is 11.4 Å². The molecule has 2 heterocycles. The van der Waals surface area contributed by atoms with Crippen molar-refractivity contribution >= 4 is 34.1 Å². The van der Waals surface area contributed by atoms with Crippen LogP contribution in [0.1, 0.15) is 5.69 Å². The van der Waals surface area contributed by atoms with E-state index in [-0.39, 0.29) is 27.0 Å².